The Morgan fingerprint density at radius 3 is 2.40 bits per heavy atom. The molecule has 1 aromatic heterocycles. The van der Waals surface area contributed by atoms with E-state index < -0.39 is 0 Å². The van der Waals surface area contributed by atoms with E-state index in [0.29, 0.717) is 12.1 Å². The Kier molecular flexibility index (Phi) is 4.69. The number of ether oxygens (including phenoxy) is 1. The zero-order valence-corrected chi connectivity index (χ0v) is 12.5. The topological polar surface area (TPSA) is 47.0 Å². The molecule has 0 amide bonds. The Morgan fingerprint density at radius 2 is 1.80 bits per heavy atom. The number of hydrogen-bond donors (Lipinski definition) is 1. The van der Waals surface area contributed by atoms with Gasteiger partial charge in [0.15, 0.2) is 0 Å². The summed E-state index contributed by atoms with van der Waals surface area (Å²) in [7, 11) is 0. The minimum Gasteiger partial charge on any atom is -0.424 e. The molecule has 0 aliphatic rings. The van der Waals surface area contributed by atoms with E-state index in [-0.39, 0.29) is 0 Å². The Bertz CT molecular complexity index is 564. The fraction of sp³-hybridized carbons (Fsp3) is 0.375. The van der Waals surface area contributed by atoms with Crippen molar-refractivity contribution in [2.75, 3.05) is 0 Å². The summed E-state index contributed by atoms with van der Waals surface area (Å²) >= 11 is 0. The first-order valence-corrected chi connectivity index (χ1v) is 6.84. The van der Waals surface area contributed by atoms with Crippen molar-refractivity contribution >= 4 is 0 Å². The number of benzene rings is 1. The summed E-state index contributed by atoms with van der Waals surface area (Å²) in [5.41, 5.74) is 3.49. The number of aryl methyl sites for hydroxylation is 2. The van der Waals surface area contributed by atoms with E-state index in [2.05, 4.69) is 43.0 Å². The maximum Gasteiger partial charge on any atom is 0.321 e. The summed E-state index contributed by atoms with van der Waals surface area (Å²) < 4.78 is 5.65. The number of hydrogen-bond acceptors (Lipinski definition) is 4. The van der Waals surface area contributed by atoms with Crippen LogP contribution in [-0.4, -0.2) is 16.0 Å². The zero-order valence-electron chi connectivity index (χ0n) is 12.5. The fourth-order valence-corrected chi connectivity index (χ4v) is 1.69. The first kappa shape index (κ1) is 14.5. The van der Waals surface area contributed by atoms with E-state index in [1.807, 2.05) is 18.2 Å². The summed E-state index contributed by atoms with van der Waals surface area (Å²) in [6.45, 7) is 9.12. The second kappa shape index (κ2) is 6.48. The Hall–Kier alpha value is -1.94. The van der Waals surface area contributed by atoms with Gasteiger partial charge >= 0.3 is 6.01 Å². The molecular weight excluding hydrogens is 250 g/mol. The number of nitrogens with one attached hydrogen (secondary N) is 1. The highest BCUT2D eigenvalue weighted by molar-refractivity contribution is 5.35. The molecule has 2 rings (SSSR count). The maximum atomic E-state index is 5.65. The minimum absolute atomic E-state index is 0.376. The first-order chi connectivity index (χ1) is 9.54. The summed E-state index contributed by atoms with van der Waals surface area (Å²) in [4.78, 5) is 8.46. The van der Waals surface area contributed by atoms with Gasteiger partial charge in [-0.3, -0.25) is 0 Å². The molecule has 0 aliphatic heterocycles. The van der Waals surface area contributed by atoms with Crippen LogP contribution >= 0.6 is 0 Å². The monoisotopic (exact) mass is 271 g/mol. The van der Waals surface area contributed by atoms with Crippen LogP contribution in [0.5, 0.6) is 11.8 Å². The van der Waals surface area contributed by atoms with E-state index >= 15 is 0 Å². The highest BCUT2D eigenvalue weighted by Gasteiger charge is 2.03. The van der Waals surface area contributed by atoms with E-state index in [9.17, 15) is 0 Å². The lowest BCUT2D eigenvalue weighted by atomic mass is 10.1. The van der Waals surface area contributed by atoms with Crippen LogP contribution in [0, 0.1) is 13.8 Å². The van der Waals surface area contributed by atoms with Crippen LogP contribution in [0.2, 0.25) is 0 Å². The SMILES string of the molecule is Cc1ccc(Oc2ncc(CNC(C)C)cn2)cc1C. The fourth-order valence-electron chi connectivity index (χ4n) is 1.69. The van der Waals surface area contributed by atoms with E-state index in [1.165, 1.54) is 11.1 Å². The van der Waals surface area contributed by atoms with Crippen LogP contribution in [-0.2, 0) is 6.54 Å². The number of rotatable bonds is 5. The Morgan fingerprint density at radius 1 is 1.10 bits per heavy atom. The van der Waals surface area contributed by atoms with Gasteiger partial charge < -0.3 is 10.1 Å². The predicted octanol–water partition coefficient (Wildman–Crippen LogP) is 3.38. The van der Waals surface area contributed by atoms with Crippen LogP contribution in [0.4, 0.5) is 0 Å². The molecule has 0 bridgehead atoms. The lowest BCUT2D eigenvalue weighted by molar-refractivity contribution is 0.440. The van der Waals surface area contributed by atoms with Gasteiger partial charge in [-0.25, -0.2) is 9.97 Å². The van der Waals surface area contributed by atoms with Gasteiger partial charge in [-0.1, -0.05) is 19.9 Å². The van der Waals surface area contributed by atoms with Crippen molar-refractivity contribution < 1.29 is 4.74 Å². The smallest absolute Gasteiger partial charge is 0.321 e. The molecule has 0 radical (unpaired) electrons. The van der Waals surface area contributed by atoms with Gasteiger partial charge in [0.25, 0.3) is 0 Å². The molecule has 0 atom stereocenters. The van der Waals surface area contributed by atoms with Crippen molar-refractivity contribution in [3.05, 3.63) is 47.3 Å². The van der Waals surface area contributed by atoms with E-state index in [0.717, 1.165) is 17.9 Å². The minimum atomic E-state index is 0.376. The highest BCUT2D eigenvalue weighted by atomic mass is 16.5. The predicted molar refractivity (Wildman–Crippen MR) is 80.0 cm³/mol. The highest BCUT2D eigenvalue weighted by Crippen LogP contribution is 2.20. The number of aromatic nitrogens is 2. The second-order valence-electron chi connectivity index (χ2n) is 5.26. The lowest BCUT2D eigenvalue weighted by Crippen LogP contribution is -2.21. The van der Waals surface area contributed by atoms with Crippen molar-refractivity contribution in [1.29, 1.82) is 0 Å². The van der Waals surface area contributed by atoms with Crippen LogP contribution < -0.4 is 10.1 Å². The molecule has 4 nitrogen and oxygen atoms in total. The summed E-state index contributed by atoms with van der Waals surface area (Å²) in [5, 5.41) is 3.32. The molecule has 20 heavy (non-hydrogen) atoms. The standard InChI is InChI=1S/C16H21N3O/c1-11(2)17-8-14-9-18-16(19-10-14)20-15-6-5-12(3)13(4)7-15/h5-7,9-11,17H,8H2,1-4H3. The van der Waals surface area contributed by atoms with Crippen molar-refractivity contribution in [2.24, 2.45) is 0 Å². The second-order valence-corrected chi connectivity index (χ2v) is 5.26. The van der Waals surface area contributed by atoms with Crippen molar-refractivity contribution in [1.82, 2.24) is 15.3 Å². The van der Waals surface area contributed by atoms with Gasteiger partial charge in [0.1, 0.15) is 5.75 Å². The summed E-state index contributed by atoms with van der Waals surface area (Å²) in [6, 6.07) is 6.78. The molecule has 0 saturated carbocycles. The molecule has 4 heteroatoms. The van der Waals surface area contributed by atoms with E-state index in [1.54, 1.807) is 12.4 Å². The molecule has 0 unspecified atom stereocenters. The van der Waals surface area contributed by atoms with Crippen molar-refractivity contribution in [3.63, 3.8) is 0 Å². The van der Waals surface area contributed by atoms with Gasteiger partial charge in [-0.15, -0.1) is 0 Å². The molecule has 0 saturated heterocycles. The average Bonchev–Trinajstić information content (AvgIpc) is 2.42. The van der Waals surface area contributed by atoms with Crippen LogP contribution in [0.25, 0.3) is 0 Å². The molecule has 1 aromatic carbocycles. The Labute approximate surface area is 120 Å². The van der Waals surface area contributed by atoms with Crippen LogP contribution in [0.3, 0.4) is 0 Å². The van der Waals surface area contributed by atoms with Gasteiger partial charge in [-0.2, -0.15) is 0 Å². The molecule has 0 aliphatic carbocycles. The van der Waals surface area contributed by atoms with Gasteiger partial charge in [-0.05, 0) is 37.1 Å². The summed E-state index contributed by atoms with van der Waals surface area (Å²) in [6.07, 6.45) is 3.58. The summed E-state index contributed by atoms with van der Waals surface area (Å²) in [5.74, 6) is 0.765. The quantitative estimate of drug-likeness (QED) is 0.905. The zero-order chi connectivity index (χ0) is 14.5. The normalized spacial score (nSPS) is 10.8. The van der Waals surface area contributed by atoms with E-state index in [4.69, 9.17) is 4.74 Å². The molecular formula is C16H21N3O. The largest absolute Gasteiger partial charge is 0.424 e. The third-order valence-electron chi connectivity index (χ3n) is 3.08. The third-order valence-corrected chi connectivity index (χ3v) is 3.08. The van der Waals surface area contributed by atoms with Gasteiger partial charge in [0.2, 0.25) is 0 Å². The molecule has 1 N–H and O–H groups in total. The Balaban J connectivity index is 2.01. The molecule has 106 valence electrons. The molecule has 1 heterocycles. The van der Waals surface area contributed by atoms with Crippen molar-refractivity contribution in [2.45, 2.75) is 40.3 Å². The van der Waals surface area contributed by atoms with Crippen molar-refractivity contribution in [3.8, 4) is 11.8 Å². The van der Waals surface area contributed by atoms with Gasteiger partial charge in [0, 0.05) is 30.5 Å². The van der Waals surface area contributed by atoms with Crippen LogP contribution in [0.15, 0.2) is 30.6 Å². The molecule has 2 aromatic rings. The van der Waals surface area contributed by atoms with Crippen LogP contribution in [0.1, 0.15) is 30.5 Å². The average molecular weight is 271 g/mol. The molecule has 0 spiro atoms. The molecule has 0 fully saturated rings. The lowest BCUT2D eigenvalue weighted by Gasteiger charge is -2.08. The number of nitrogens with zero attached hydrogens (tertiary/aromatic N) is 2. The van der Waals surface area contributed by atoms with Gasteiger partial charge in [0.05, 0.1) is 0 Å². The first-order valence-electron chi connectivity index (χ1n) is 6.84. The third kappa shape index (κ3) is 4.03. The maximum absolute atomic E-state index is 5.65.